The molecule has 0 aliphatic carbocycles. The Bertz CT molecular complexity index is 611. The monoisotopic (exact) mass is 286 g/mol. The summed E-state index contributed by atoms with van der Waals surface area (Å²) in [4.78, 5) is 22.5. The minimum Gasteiger partial charge on any atom is -0.361 e. The van der Waals surface area contributed by atoms with Gasteiger partial charge in [-0.15, -0.1) is 0 Å². The molecule has 1 saturated heterocycles. The molecule has 1 atom stereocenters. The van der Waals surface area contributed by atoms with Gasteiger partial charge in [0.2, 0.25) is 5.91 Å². The molecule has 21 heavy (non-hydrogen) atoms. The molecule has 2 aromatic rings. The number of rotatable bonds is 3. The van der Waals surface area contributed by atoms with Crippen molar-refractivity contribution in [3.05, 3.63) is 41.8 Å². The maximum atomic E-state index is 12.4. The van der Waals surface area contributed by atoms with E-state index in [9.17, 15) is 4.79 Å². The van der Waals surface area contributed by atoms with E-state index < -0.39 is 0 Å². The first kappa shape index (κ1) is 13.7. The number of aryl methyl sites for hydroxylation is 1. The number of carbonyl (C=O) groups is 1. The van der Waals surface area contributed by atoms with Crippen LogP contribution in [0.15, 0.2) is 29.2 Å². The molecule has 110 valence electrons. The molecule has 0 saturated carbocycles. The van der Waals surface area contributed by atoms with Gasteiger partial charge >= 0.3 is 0 Å². The summed E-state index contributed by atoms with van der Waals surface area (Å²) in [6.07, 6.45) is 5.64. The number of aromatic nitrogens is 3. The number of hydrogen-bond acceptors (Lipinski definition) is 5. The van der Waals surface area contributed by atoms with E-state index in [2.05, 4.69) is 15.1 Å². The second kappa shape index (κ2) is 6.03. The summed E-state index contributed by atoms with van der Waals surface area (Å²) < 4.78 is 5.12. The third-order valence-electron chi connectivity index (χ3n) is 3.80. The fourth-order valence-electron chi connectivity index (χ4n) is 2.75. The lowest BCUT2D eigenvalue weighted by Crippen LogP contribution is -2.40. The van der Waals surface area contributed by atoms with E-state index in [1.807, 2.05) is 24.0 Å². The molecule has 1 aliphatic heterocycles. The van der Waals surface area contributed by atoms with E-state index in [0.29, 0.717) is 18.2 Å². The summed E-state index contributed by atoms with van der Waals surface area (Å²) in [5.74, 6) is 1.01. The van der Waals surface area contributed by atoms with Gasteiger partial charge in [-0.25, -0.2) is 9.97 Å². The van der Waals surface area contributed by atoms with Crippen LogP contribution in [0.2, 0.25) is 0 Å². The molecule has 1 fully saturated rings. The smallest absolute Gasteiger partial charge is 0.230 e. The highest BCUT2D eigenvalue weighted by molar-refractivity contribution is 5.78. The quantitative estimate of drug-likeness (QED) is 0.859. The Hall–Kier alpha value is -2.24. The standard InChI is InChI=1S/C15H18N4O2/c1-11-7-13(21-18-11)8-15(20)19-6-2-3-12(9-19)14-4-5-16-10-17-14/h4-5,7,10,12H,2-3,6,8-9H2,1H3. The van der Waals surface area contributed by atoms with Crippen LogP contribution in [0.5, 0.6) is 0 Å². The topological polar surface area (TPSA) is 72.1 Å². The average molecular weight is 286 g/mol. The number of piperidine rings is 1. The first-order chi connectivity index (χ1) is 10.2. The van der Waals surface area contributed by atoms with Gasteiger partial charge in [-0.05, 0) is 25.8 Å². The fourth-order valence-corrected chi connectivity index (χ4v) is 2.75. The Balaban J connectivity index is 1.64. The highest BCUT2D eigenvalue weighted by atomic mass is 16.5. The van der Waals surface area contributed by atoms with Crippen LogP contribution in [0.3, 0.4) is 0 Å². The van der Waals surface area contributed by atoms with Crippen molar-refractivity contribution in [2.75, 3.05) is 13.1 Å². The molecule has 0 bridgehead atoms. The van der Waals surface area contributed by atoms with Gasteiger partial charge in [0.25, 0.3) is 0 Å². The van der Waals surface area contributed by atoms with Gasteiger partial charge in [-0.2, -0.15) is 0 Å². The van der Waals surface area contributed by atoms with Crippen LogP contribution in [-0.4, -0.2) is 39.0 Å². The number of carbonyl (C=O) groups excluding carboxylic acids is 1. The molecular formula is C15H18N4O2. The molecule has 0 N–H and O–H groups in total. The van der Waals surface area contributed by atoms with Crippen molar-refractivity contribution in [2.45, 2.75) is 32.1 Å². The van der Waals surface area contributed by atoms with E-state index in [4.69, 9.17) is 4.52 Å². The number of likely N-dealkylation sites (tertiary alicyclic amines) is 1. The molecular weight excluding hydrogens is 268 g/mol. The van der Waals surface area contributed by atoms with Gasteiger partial charge in [-0.1, -0.05) is 5.16 Å². The largest absolute Gasteiger partial charge is 0.361 e. The summed E-state index contributed by atoms with van der Waals surface area (Å²) >= 11 is 0. The molecule has 0 spiro atoms. The summed E-state index contributed by atoms with van der Waals surface area (Å²) in [6, 6.07) is 3.74. The molecule has 1 amide bonds. The normalized spacial score (nSPS) is 18.7. The zero-order valence-corrected chi connectivity index (χ0v) is 12.0. The van der Waals surface area contributed by atoms with Gasteiger partial charge in [0, 0.05) is 37.0 Å². The van der Waals surface area contributed by atoms with E-state index in [1.165, 1.54) is 0 Å². The average Bonchev–Trinajstić information content (AvgIpc) is 2.93. The molecule has 3 heterocycles. The van der Waals surface area contributed by atoms with Crippen LogP contribution in [0.4, 0.5) is 0 Å². The van der Waals surface area contributed by atoms with Crippen LogP contribution in [0.1, 0.15) is 35.9 Å². The third-order valence-corrected chi connectivity index (χ3v) is 3.80. The second-order valence-corrected chi connectivity index (χ2v) is 5.42. The lowest BCUT2D eigenvalue weighted by Gasteiger charge is -2.32. The van der Waals surface area contributed by atoms with E-state index in [-0.39, 0.29) is 12.3 Å². The van der Waals surface area contributed by atoms with Gasteiger partial charge < -0.3 is 9.42 Å². The molecule has 2 aromatic heterocycles. The predicted molar refractivity (Wildman–Crippen MR) is 75.5 cm³/mol. The molecule has 1 aliphatic rings. The zero-order valence-electron chi connectivity index (χ0n) is 12.0. The summed E-state index contributed by atoms with van der Waals surface area (Å²) in [5, 5.41) is 3.81. The third kappa shape index (κ3) is 3.26. The minimum absolute atomic E-state index is 0.0879. The molecule has 6 nitrogen and oxygen atoms in total. The SMILES string of the molecule is Cc1cc(CC(=O)N2CCCC(c3ccncn3)C2)on1. The predicted octanol–water partition coefficient (Wildman–Crippen LogP) is 1.72. The second-order valence-electron chi connectivity index (χ2n) is 5.42. The highest BCUT2D eigenvalue weighted by Gasteiger charge is 2.26. The van der Waals surface area contributed by atoms with E-state index in [1.54, 1.807) is 12.5 Å². The van der Waals surface area contributed by atoms with Crippen molar-refractivity contribution in [1.82, 2.24) is 20.0 Å². The Kier molecular flexibility index (Phi) is 3.94. The Morgan fingerprint density at radius 2 is 2.43 bits per heavy atom. The van der Waals surface area contributed by atoms with Gasteiger partial charge in [-0.3, -0.25) is 4.79 Å². The van der Waals surface area contributed by atoms with Gasteiger partial charge in [0.15, 0.2) is 0 Å². The lowest BCUT2D eigenvalue weighted by atomic mass is 9.94. The van der Waals surface area contributed by atoms with Crippen LogP contribution >= 0.6 is 0 Å². The summed E-state index contributed by atoms with van der Waals surface area (Å²) in [7, 11) is 0. The van der Waals surface area contributed by atoms with Crippen molar-refractivity contribution in [1.29, 1.82) is 0 Å². The van der Waals surface area contributed by atoms with Crippen molar-refractivity contribution < 1.29 is 9.32 Å². The molecule has 0 radical (unpaired) electrons. The lowest BCUT2D eigenvalue weighted by molar-refractivity contribution is -0.132. The number of amides is 1. The van der Waals surface area contributed by atoms with E-state index in [0.717, 1.165) is 30.8 Å². The number of nitrogens with zero attached hydrogens (tertiary/aromatic N) is 4. The van der Waals surface area contributed by atoms with Gasteiger partial charge in [0.1, 0.15) is 12.1 Å². The van der Waals surface area contributed by atoms with Crippen LogP contribution in [0, 0.1) is 6.92 Å². The van der Waals surface area contributed by atoms with Crippen LogP contribution in [-0.2, 0) is 11.2 Å². The number of hydrogen-bond donors (Lipinski definition) is 0. The fraction of sp³-hybridized carbons (Fsp3) is 0.467. The Morgan fingerprint density at radius 3 is 3.14 bits per heavy atom. The zero-order chi connectivity index (χ0) is 14.7. The maximum absolute atomic E-state index is 12.4. The Labute approximate surface area is 123 Å². The van der Waals surface area contributed by atoms with Crippen LogP contribution < -0.4 is 0 Å². The summed E-state index contributed by atoms with van der Waals surface area (Å²) in [6.45, 7) is 3.36. The first-order valence-electron chi connectivity index (χ1n) is 7.18. The van der Waals surface area contributed by atoms with Crippen molar-refractivity contribution in [3.63, 3.8) is 0 Å². The maximum Gasteiger partial charge on any atom is 0.230 e. The highest BCUT2D eigenvalue weighted by Crippen LogP contribution is 2.25. The molecule has 6 heteroatoms. The van der Waals surface area contributed by atoms with Gasteiger partial charge in [0.05, 0.1) is 12.1 Å². The summed E-state index contributed by atoms with van der Waals surface area (Å²) in [5.41, 5.74) is 1.81. The molecule has 3 rings (SSSR count). The first-order valence-corrected chi connectivity index (χ1v) is 7.18. The molecule has 1 unspecified atom stereocenters. The van der Waals surface area contributed by atoms with Crippen molar-refractivity contribution in [3.8, 4) is 0 Å². The van der Waals surface area contributed by atoms with Crippen molar-refractivity contribution >= 4 is 5.91 Å². The van der Waals surface area contributed by atoms with Crippen LogP contribution in [0.25, 0.3) is 0 Å². The molecule has 0 aromatic carbocycles. The van der Waals surface area contributed by atoms with E-state index >= 15 is 0 Å². The van der Waals surface area contributed by atoms with Crippen molar-refractivity contribution in [2.24, 2.45) is 0 Å². The minimum atomic E-state index is 0.0879. The Morgan fingerprint density at radius 1 is 1.52 bits per heavy atom.